The van der Waals surface area contributed by atoms with Gasteiger partial charge in [-0.1, -0.05) is 61.6 Å². The SMILES string of the molecule is C=C1/C(=C\C=C2/CCCC3(C)C(C(C)CC#CC(C)(C)O)=CCC23)CC(O)CC1O. The average molecular weight is 411 g/mol. The van der Waals surface area contributed by atoms with Gasteiger partial charge in [0.05, 0.1) is 12.2 Å². The highest BCUT2D eigenvalue weighted by atomic mass is 16.3. The topological polar surface area (TPSA) is 60.7 Å². The van der Waals surface area contributed by atoms with Gasteiger partial charge in [0.2, 0.25) is 0 Å². The Bertz CT molecular complexity index is 826. The van der Waals surface area contributed by atoms with E-state index in [2.05, 4.69) is 50.5 Å². The van der Waals surface area contributed by atoms with Crippen LogP contribution in [-0.4, -0.2) is 33.1 Å². The van der Waals surface area contributed by atoms with Crippen LogP contribution < -0.4 is 0 Å². The number of hydrogen-bond acceptors (Lipinski definition) is 3. The summed E-state index contributed by atoms with van der Waals surface area (Å²) in [5.74, 6) is 7.03. The number of hydrogen-bond donors (Lipinski definition) is 3. The standard InChI is InChI=1S/C27H38O3/c1-18(8-6-14-26(3,4)30)23-12-13-24-20(9-7-15-27(23,24)5)10-11-21-16-22(28)17-25(29)19(21)2/h10-12,18,22,24-25,28-30H,2,7-9,13,15-17H2,1,3-5H3/b20-10+,21-11-. The maximum absolute atomic E-state index is 10.1. The van der Waals surface area contributed by atoms with Gasteiger partial charge in [0.15, 0.2) is 0 Å². The number of allylic oxidation sites excluding steroid dienone is 5. The van der Waals surface area contributed by atoms with Gasteiger partial charge in [-0.25, -0.2) is 0 Å². The monoisotopic (exact) mass is 410 g/mol. The van der Waals surface area contributed by atoms with Crippen LogP contribution in [0.3, 0.4) is 0 Å². The van der Waals surface area contributed by atoms with Gasteiger partial charge in [0.1, 0.15) is 5.60 Å². The molecule has 2 fully saturated rings. The molecule has 0 amide bonds. The fourth-order valence-corrected chi connectivity index (χ4v) is 5.61. The molecule has 0 radical (unpaired) electrons. The first-order chi connectivity index (χ1) is 14.0. The normalized spacial score (nSPS) is 35.6. The fraction of sp³-hybridized carbons (Fsp3) is 0.630. The summed E-state index contributed by atoms with van der Waals surface area (Å²) in [4.78, 5) is 0. The molecule has 3 rings (SSSR count). The van der Waals surface area contributed by atoms with Gasteiger partial charge >= 0.3 is 0 Å². The summed E-state index contributed by atoms with van der Waals surface area (Å²) < 4.78 is 0. The molecule has 0 aromatic carbocycles. The lowest BCUT2D eigenvalue weighted by atomic mass is 9.62. The van der Waals surface area contributed by atoms with E-state index in [4.69, 9.17) is 0 Å². The highest BCUT2D eigenvalue weighted by Crippen LogP contribution is 2.56. The molecule has 3 nitrogen and oxygen atoms in total. The second-order valence-electron chi connectivity index (χ2n) is 10.3. The van der Waals surface area contributed by atoms with Crippen molar-refractivity contribution in [1.82, 2.24) is 0 Å². The minimum absolute atomic E-state index is 0.168. The van der Waals surface area contributed by atoms with Crippen molar-refractivity contribution in [3.8, 4) is 11.8 Å². The van der Waals surface area contributed by atoms with Crippen molar-refractivity contribution in [1.29, 1.82) is 0 Å². The zero-order valence-electron chi connectivity index (χ0n) is 19.0. The van der Waals surface area contributed by atoms with E-state index in [9.17, 15) is 15.3 Å². The van der Waals surface area contributed by atoms with Crippen LogP contribution in [0.2, 0.25) is 0 Å². The first-order valence-corrected chi connectivity index (χ1v) is 11.4. The van der Waals surface area contributed by atoms with Crippen LogP contribution in [0.15, 0.2) is 47.1 Å². The molecule has 0 saturated heterocycles. The van der Waals surface area contributed by atoms with Gasteiger partial charge in [0.25, 0.3) is 0 Å². The van der Waals surface area contributed by atoms with Crippen LogP contribution in [0, 0.1) is 29.1 Å². The van der Waals surface area contributed by atoms with Gasteiger partial charge in [-0.15, -0.1) is 0 Å². The van der Waals surface area contributed by atoms with Gasteiger partial charge in [-0.05, 0) is 74.3 Å². The summed E-state index contributed by atoms with van der Waals surface area (Å²) in [6.07, 6.45) is 11.9. The summed E-state index contributed by atoms with van der Waals surface area (Å²) >= 11 is 0. The molecule has 0 bridgehead atoms. The lowest BCUT2D eigenvalue weighted by Crippen LogP contribution is -2.32. The molecule has 3 aliphatic rings. The van der Waals surface area contributed by atoms with Gasteiger partial charge in [-0.3, -0.25) is 0 Å². The van der Waals surface area contributed by atoms with Crippen LogP contribution in [-0.2, 0) is 0 Å². The summed E-state index contributed by atoms with van der Waals surface area (Å²) in [7, 11) is 0. The average Bonchev–Trinajstić information content (AvgIpc) is 3.00. The van der Waals surface area contributed by atoms with E-state index < -0.39 is 17.8 Å². The van der Waals surface area contributed by atoms with Crippen LogP contribution in [0.1, 0.15) is 72.6 Å². The molecule has 0 aromatic heterocycles. The van der Waals surface area contributed by atoms with Crippen molar-refractivity contribution in [2.24, 2.45) is 17.3 Å². The highest BCUT2D eigenvalue weighted by molar-refractivity contribution is 5.40. The molecule has 0 heterocycles. The number of rotatable bonds is 3. The Kier molecular flexibility index (Phi) is 6.82. The van der Waals surface area contributed by atoms with E-state index in [1.807, 2.05) is 0 Å². The second-order valence-corrected chi connectivity index (χ2v) is 10.3. The largest absolute Gasteiger partial charge is 0.393 e. The third kappa shape index (κ3) is 4.99. The smallest absolute Gasteiger partial charge is 0.119 e. The fourth-order valence-electron chi connectivity index (χ4n) is 5.61. The zero-order chi connectivity index (χ0) is 22.1. The van der Waals surface area contributed by atoms with Crippen molar-refractivity contribution in [2.45, 2.75) is 90.4 Å². The molecule has 2 saturated carbocycles. The van der Waals surface area contributed by atoms with Crippen molar-refractivity contribution in [3.05, 3.63) is 47.1 Å². The molecule has 164 valence electrons. The highest BCUT2D eigenvalue weighted by Gasteiger charge is 2.45. The van der Waals surface area contributed by atoms with Crippen LogP contribution in [0.25, 0.3) is 0 Å². The Morgan fingerprint density at radius 1 is 1.33 bits per heavy atom. The number of aliphatic hydroxyl groups is 3. The van der Waals surface area contributed by atoms with E-state index in [0.717, 1.165) is 30.4 Å². The van der Waals surface area contributed by atoms with E-state index in [-0.39, 0.29) is 5.41 Å². The van der Waals surface area contributed by atoms with E-state index in [1.165, 1.54) is 24.0 Å². The van der Waals surface area contributed by atoms with Crippen molar-refractivity contribution in [2.75, 3.05) is 0 Å². The zero-order valence-corrected chi connectivity index (χ0v) is 19.0. The van der Waals surface area contributed by atoms with Crippen LogP contribution in [0.5, 0.6) is 0 Å². The molecule has 5 unspecified atom stereocenters. The third-order valence-corrected chi connectivity index (χ3v) is 7.21. The van der Waals surface area contributed by atoms with Crippen molar-refractivity contribution >= 4 is 0 Å². The molecule has 3 N–H and O–H groups in total. The van der Waals surface area contributed by atoms with E-state index in [1.54, 1.807) is 13.8 Å². The van der Waals surface area contributed by atoms with Crippen LogP contribution in [0.4, 0.5) is 0 Å². The molecule has 3 heteroatoms. The lowest BCUT2D eigenvalue weighted by molar-refractivity contribution is 0.0862. The van der Waals surface area contributed by atoms with Crippen LogP contribution >= 0.6 is 0 Å². The molecule has 0 spiro atoms. The Balaban J connectivity index is 1.76. The molecule has 0 aliphatic heterocycles. The van der Waals surface area contributed by atoms with Gasteiger partial charge in [0, 0.05) is 12.8 Å². The first kappa shape index (κ1) is 23.1. The minimum Gasteiger partial charge on any atom is -0.393 e. The summed E-state index contributed by atoms with van der Waals surface area (Å²) in [5, 5.41) is 30.0. The predicted octanol–water partition coefficient (Wildman–Crippen LogP) is 4.85. The number of fused-ring (bicyclic) bond motifs is 1. The quantitative estimate of drug-likeness (QED) is 0.460. The molecule has 0 aromatic rings. The molecule has 30 heavy (non-hydrogen) atoms. The molecule has 5 atom stereocenters. The summed E-state index contributed by atoms with van der Waals surface area (Å²) in [6, 6.07) is 0. The lowest BCUT2D eigenvalue weighted by Gasteiger charge is -2.42. The first-order valence-electron chi connectivity index (χ1n) is 11.4. The maximum Gasteiger partial charge on any atom is 0.119 e. The Morgan fingerprint density at radius 3 is 2.77 bits per heavy atom. The Labute approximate surface area is 182 Å². The summed E-state index contributed by atoms with van der Waals surface area (Å²) in [5.41, 5.74) is 3.95. The Morgan fingerprint density at radius 2 is 2.07 bits per heavy atom. The van der Waals surface area contributed by atoms with Crippen molar-refractivity contribution < 1.29 is 15.3 Å². The van der Waals surface area contributed by atoms with Crippen molar-refractivity contribution in [3.63, 3.8) is 0 Å². The molecule has 3 aliphatic carbocycles. The second kappa shape index (κ2) is 8.87. The third-order valence-electron chi connectivity index (χ3n) is 7.21. The molecular weight excluding hydrogens is 372 g/mol. The Hall–Kier alpha value is -1.60. The predicted molar refractivity (Wildman–Crippen MR) is 123 cm³/mol. The summed E-state index contributed by atoms with van der Waals surface area (Å²) in [6.45, 7) is 12.1. The minimum atomic E-state index is -0.936. The van der Waals surface area contributed by atoms with Gasteiger partial charge in [-0.2, -0.15) is 0 Å². The van der Waals surface area contributed by atoms with E-state index >= 15 is 0 Å². The van der Waals surface area contributed by atoms with Gasteiger partial charge < -0.3 is 15.3 Å². The molecular formula is C27H38O3. The maximum atomic E-state index is 10.1. The number of aliphatic hydroxyl groups excluding tert-OH is 2. The van der Waals surface area contributed by atoms with E-state index in [0.29, 0.717) is 24.7 Å².